The maximum Gasteiger partial charge on any atom is 0.115 e. The molecule has 0 amide bonds. The van der Waals surface area contributed by atoms with Crippen LogP contribution in [0, 0.1) is 6.92 Å². The second kappa shape index (κ2) is 68.6. The van der Waals surface area contributed by atoms with Crippen LogP contribution >= 0.6 is 0 Å². The second-order valence-electron chi connectivity index (χ2n) is 42.1. The molecule has 0 aliphatic rings. The Bertz CT molecular complexity index is 3740. The third kappa shape index (κ3) is 46.8. The van der Waals surface area contributed by atoms with Crippen molar-refractivity contribution in [1.82, 2.24) is 60.0 Å². The standard InChI is InChI=1S/C12H19N.C12H18.7C11H17N.2C10H16N2.3CH4/c1-8(2)11-7-6-10(5)13-12(11)9(3)4;1-9(2)11-7-5-6-8-12(11)10(3)4;4*1-8(2)10-5-6-12-7-11(10)9(3)4;3*1-8(2)10-6-5-7-12-11(10)9(3)4;1-7(2)9-5-11-6-12-10(9)8(3)4;1-7(2)9-5-6-11-12-10(9)8(3)4;;;/h6-9H,1-5H3;5-10H,1-4H3;7*5-9H,1-4H3;2*5-8H,1-4H3;3*1H4. The Labute approximate surface area is 837 Å². The number of pyridine rings is 8. The Hall–Kier alpha value is -9.42. The summed E-state index contributed by atoms with van der Waals surface area (Å²) in [6.45, 7) is 99.1. The lowest BCUT2D eigenvalue weighted by atomic mass is 9.91. The Morgan fingerprint density at radius 1 is 0.162 bits per heavy atom. The summed E-state index contributed by atoms with van der Waals surface area (Å²) in [4.78, 5) is 42.7. The fourth-order valence-corrected chi connectivity index (χ4v) is 15.6. The van der Waals surface area contributed by atoms with Gasteiger partial charge in [-0.1, -0.05) is 375 Å². The monoisotopic (exact) mass is 1860 g/mol. The molecule has 11 aromatic rings. The van der Waals surface area contributed by atoms with Crippen LogP contribution in [-0.2, 0) is 0 Å². The number of hydrogen-bond acceptors (Lipinski definition) is 12. The molecule has 0 saturated carbocycles. The van der Waals surface area contributed by atoms with E-state index in [1.165, 1.54) is 117 Å². The smallest absolute Gasteiger partial charge is 0.115 e. The van der Waals surface area contributed by atoms with Crippen LogP contribution in [0.5, 0.6) is 0 Å². The van der Waals surface area contributed by atoms with Crippen LogP contribution in [0.1, 0.15) is 586 Å². The van der Waals surface area contributed by atoms with E-state index in [4.69, 9.17) is 0 Å². The van der Waals surface area contributed by atoms with Crippen molar-refractivity contribution in [2.45, 2.75) is 464 Å². The molecular formula is C124H200N12. The van der Waals surface area contributed by atoms with Crippen molar-refractivity contribution in [3.05, 3.63) is 319 Å². The van der Waals surface area contributed by atoms with Crippen molar-refractivity contribution >= 4 is 0 Å². The number of benzene rings is 1. The van der Waals surface area contributed by atoms with E-state index in [-0.39, 0.29) is 22.3 Å². The SMILES string of the molecule is C.C.C.CC(C)c1ccccc1C(C)C.CC(C)c1cccnc1C(C)C.CC(C)c1cccnc1C(C)C.CC(C)c1cccnc1C(C)C.CC(C)c1ccncc1C(C)C.CC(C)c1ccncc1C(C)C.CC(C)c1ccncc1C(C)C.CC(C)c1ccncc1C(C)C.CC(C)c1ccnnc1C(C)C.CC(C)c1cncnc1C(C)C.Cc1ccc(C(C)C)c(C(C)C)n1. The van der Waals surface area contributed by atoms with E-state index in [1.807, 2.05) is 92.6 Å². The molecule has 11 rings (SSSR count). The molecule has 10 heterocycles. The van der Waals surface area contributed by atoms with E-state index in [2.05, 4.69) is 457 Å². The highest BCUT2D eigenvalue weighted by molar-refractivity contribution is 5.36. The van der Waals surface area contributed by atoms with Crippen LogP contribution < -0.4 is 0 Å². The molecule has 0 fully saturated rings. The van der Waals surface area contributed by atoms with Crippen molar-refractivity contribution in [3.8, 4) is 0 Å². The van der Waals surface area contributed by atoms with Crippen molar-refractivity contribution in [3.63, 3.8) is 0 Å². The predicted octanol–water partition coefficient (Wildman–Crippen LogP) is 38.2. The lowest BCUT2D eigenvalue weighted by molar-refractivity contribution is 0.729. The van der Waals surface area contributed by atoms with Crippen LogP contribution in [0.4, 0.5) is 0 Å². The van der Waals surface area contributed by atoms with Gasteiger partial charge in [-0.25, -0.2) is 9.97 Å². The minimum atomic E-state index is 0. The maximum atomic E-state index is 4.59. The topological polar surface area (TPSA) is 155 Å². The van der Waals surface area contributed by atoms with E-state index >= 15 is 0 Å². The van der Waals surface area contributed by atoms with Crippen molar-refractivity contribution in [1.29, 1.82) is 0 Å². The summed E-state index contributed by atoms with van der Waals surface area (Å²) < 4.78 is 0. The van der Waals surface area contributed by atoms with Gasteiger partial charge in [-0.05, 0) is 281 Å². The number of rotatable bonds is 22. The maximum absolute atomic E-state index is 4.59. The fraction of sp³-hybridized carbons (Fsp3) is 0.565. The molecule has 0 aliphatic carbocycles. The molecule has 0 unspecified atom stereocenters. The average molecular weight is 1860 g/mol. The predicted molar refractivity (Wildman–Crippen MR) is 599 cm³/mol. The zero-order valence-electron chi connectivity index (χ0n) is 92.5. The highest BCUT2D eigenvalue weighted by Crippen LogP contribution is 2.33. The largest absolute Gasteiger partial charge is 0.264 e. The van der Waals surface area contributed by atoms with E-state index in [9.17, 15) is 0 Å². The molecule has 136 heavy (non-hydrogen) atoms. The Balaban J connectivity index is -0.00000143. The Kier molecular flexibility index (Phi) is 65.9. The summed E-state index contributed by atoms with van der Waals surface area (Å²) in [5.74, 6) is 12.5. The molecule has 0 bridgehead atoms. The first-order valence-electron chi connectivity index (χ1n) is 50.5. The Morgan fingerprint density at radius 2 is 0.368 bits per heavy atom. The molecule has 0 atom stereocenters. The molecule has 12 heteroatoms. The third-order valence-electron chi connectivity index (χ3n) is 23.0. The van der Waals surface area contributed by atoms with Gasteiger partial charge >= 0.3 is 0 Å². The van der Waals surface area contributed by atoms with Crippen LogP contribution in [-0.4, -0.2) is 60.0 Å². The van der Waals surface area contributed by atoms with Crippen LogP contribution in [0.25, 0.3) is 0 Å². The van der Waals surface area contributed by atoms with Gasteiger partial charge in [-0.15, -0.1) is 0 Å². The zero-order valence-corrected chi connectivity index (χ0v) is 92.5. The summed E-state index contributed by atoms with van der Waals surface area (Å²) in [6, 6.07) is 36.2. The van der Waals surface area contributed by atoms with Crippen LogP contribution in [0.3, 0.4) is 0 Å². The normalized spacial score (nSPS) is 10.9. The van der Waals surface area contributed by atoms with Gasteiger partial charge in [0.05, 0.1) is 5.69 Å². The summed E-state index contributed by atoms with van der Waals surface area (Å²) in [7, 11) is 0. The third-order valence-corrected chi connectivity index (χ3v) is 23.0. The average Bonchev–Trinajstić information content (AvgIpc) is 0.833. The van der Waals surface area contributed by atoms with Crippen LogP contribution in [0.2, 0.25) is 0 Å². The van der Waals surface area contributed by atoms with Gasteiger partial charge in [0, 0.05) is 115 Å². The minimum absolute atomic E-state index is 0. The number of aromatic nitrogens is 12. The van der Waals surface area contributed by atoms with Crippen molar-refractivity contribution in [2.24, 2.45) is 0 Å². The highest BCUT2D eigenvalue weighted by Gasteiger charge is 2.19. The molecule has 0 saturated heterocycles. The van der Waals surface area contributed by atoms with Gasteiger partial charge in [-0.3, -0.25) is 39.9 Å². The van der Waals surface area contributed by atoms with E-state index in [0.717, 1.165) is 11.4 Å². The molecule has 0 spiro atoms. The van der Waals surface area contributed by atoms with Crippen LogP contribution in [0.15, 0.2) is 190 Å². The first kappa shape index (κ1) is 131. The van der Waals surface area contributed by atoms with Gasteiger partial charge in [0.15, 0.2) is 0 Å². The van der Waals surface area contributed by atoms with Gasteiger partial charge < -0.3 is 0 Å². The summed E-state index contributed by atoms with van der Waals surface area (Å²) in [5.41, 5.74) is 30.8. The quantitative estimate of drug-likeness (QED) is 0.0634. The minimum Gasteiger partial charge on any atom is -0.264 e. The lowest BCUT2D eigenvalue weighted by Crippen LogP contribution is -2.02. The second-order valence-corrected chi connectivity index (χ2v) is 42.1. The molecule has 0 radical (unpaired) electrons. The number of aryl methyl sites for hydroxylation is 1. The van der Waals surface area contributed by atoms with Crippen molar-refractivity contribution in [2.75, 3.05) is 0 Å². The molecule has 12 nitrogen and oxygen atoms in total. The number of nitrogens with zero attached hydrogens (tertiary/aromatic N) is 12. The highest BCUT2D eigenvalue weighted by atomic mass is 15.1. The first-order chi connectivity index (χ1) is 62.3. The number of hydrogen-bond donors (Lipinski definition) is 0. The first-order valence-corrected chi connectivity index (χ1v) is 50.5. The van der Waals surface area contributed by atoms with Gasteiger partial charge in [0.25, 0.3) is 0 Å². The zero-order chi connectivity index (χ0) is 101. The lowest BCUT2D eigenvalue weighted by Gasteiger charge is -2.14. The van der Waals surface area contributed by atoms with E-state index in [1.54, 1.807) is 12.5 Å². The molecule has 0 N–H and O–H groups in total. The van der Waals surface area contributed by atoms with Gasteiger partial charge in [0.2, 0.25) is 0 Å². The fourth-order valence-electron chi connectivity index (χ4n) is 15.6. The van der Waals surface area contributed by atoms with Gasteiger partial charge in [-0.2, -0.15) is 10.2 Å². The van der Waals surface area contributed by atoms with Crippen molar-refractivity contribution < 1.29 is 0 Å². The van der Waals surface area contributed by atoms with E-state index < -0.39 is 0 Å². The van der Waals surface area contributed by atoms with Gasteiger partial charge in [0.1, 0.15) is 6.33 Å². The molecule has 10 aromatic heterocycles. The molecule has 1 aromatic carbocycles. The Morgan fingerprint density at radius 3 is 0.581 bits per heavy atom. The molecule has 0 aliphatic heterocycles. The summed E-state index contributed by atoms with van der Waals surface area (Å²) >= 11 is 0. The summed E-state index contributed by atoms with van der Waals surface area (Å²) in [6.07, 6.45) is 26.4. The molecular weight excluding hydrogens is 1660 g/mol. The van der Waals surface area contributed by atoms with E-state index in [0.29, 0.717) is 130 Å². The summed E-state index contributed by atoms with van der Waals surface area (Å²) in [5, 5.41) is 8.05. The molecule has 756 valence electrons.